The fourth-order valence-electron chi connectivity index (χ4n) is 3.35. The average Bonchev–Trinajstić information content (AvgIpc) is 2.85. The van der Waals surface area contributed by atoms with Crippen molar-refractivity contribution < 1.29 is 14.3 Å². The van der Waals surface area contributed by atoms with Crippen molar-refractivity contribution in [3.63, 3.8) is 0 Å². The zero-order valence-electron chi connectivity index (χ0n) is 20.1. The predicted octanol–water partition coefficient (Wildman–Crippen LogP) is 5.64. The van der Waals surface area contributed by atoms with Crippen LogP contribution in [0.1, 0.15) is 42.5 Å². The van der Waals surface area contributed by atoms with E-state index in [9.17, 15) is 4.79 Å². The Morgan fingerprint density at radius 3 is 2.69 bits per heavy atom. The minimum Gasteiger partial charge on any atom is -0.491 e. The molecule has 0 atom stereocenters. The summed E-state index contributed by atoms with van der Waals surface area (Å²) in [5.41, 5.74) is 2.59. The van der Waals surface area contributed by atoms with Crippen LogP contribution in [0.25, 0.3) is 11.4 Å². The number of carbonyl (C=O) groups excluding carboxylic acids is 1. The molecule has 0 aliphatic carbocycles. The van der Waals surface area contributed by atoms with Gasteiger partial charge in [0.15, 0.2) is 5.82 Å². The number of aromatic nitrogens is 4. The molecule has 4 aromatic rings. The van der Waals surface area contributed by atoms with Crippen molar-refractivity contribution in [3.05, 3.63) is 84.1 Å². The van der Waals surface area contributed by atoms with Gasteiger partial charge in [0, 0.05) is 29.9 Å². The molecule has 35 heavy (non-hydrogen) atoms. The Kier molecular flexibility index (Phi) is 7.30. The van der Waals surface area contributed by atoms with Crippen molar-refractivity contribution in [2.75, 3.05) is 5.32 Å². The molecular formula is C27H27N5O3. The number of pyridine rings is 1. The maximum absolute atomic E-state index is 13.0. The number of rotatable bonds is 8. The lowest BCUT2D eigenvalue weighted by molar-refractivity contribution is 0.102. The van der Waals surface area contributed by atoms with Gasteiger partial charge in [0.05, 0.1) is 11.7 Å². The highest BCUT2D eigenvalue weighted by Crippen LogP contribution is 2.31. The van der Waals surface area contributed by atoms with Crippen LogP contribution in [0.2, 0.25) is 0 Å². The first kappa shape index (κ1) is 23.8. The van der Waals surface area contributed by atoms with Crippen molar-refractivity contribution in [3.8, 4) is 28.8 Å². The normalized spacial score (nSPS) is 10.8. The maximum atomic E-state index is 13.0. The standard InChI is InChI=1S/C27H27N5O3/c1-5-24-29-16-30-25(32-24)22-10-7-13-28-27(22)35-23-14-19(12-11-18(23)4)26(33)31-20-8-6-9-21(15-20)34-17(2)3/h6-17H,5H2,1-4H3,(H,31,33). The highest BCUT2D eigenvalue weighted by Gasteiger charge is 2.15. The quantitative estimate of drug-likeness (QED) is 0.357. The average molecular weight is 470 g/mol. The first-order valence-corrected chi connectivity index (χ1v) is 11.4. The molecule has 8 heteroatoms. The number of benzene rings is 2. The van der Waals surface area contributed by atoms with E-state index in [0.29, 0.717) is 52.3 Å². The number of ether oxygens (including phenoxy) is 2. The summed E-state index contributed by atoms with van der Waals surface area (Å²) in [6.45, 7) is 7.79. The second kappa shape index (κ2) is 10.7. The third kappa shape index (κ3) is 5.97. The monoisotopic (exact) mass is 469 g/mol. The number of nitrogens with zero attached hydrogens (tertiary/aromatic N) is 4. The third-order valence-electron chi connectivity index (χ3n) is 5.07. The summed E-state index contributed by atoms with van der Waals surface area (Å²) in [7, 11) is 0. The largest absolute Gasteiger partial charge is 0.491 e. The van der Waals surface area contributed by atoms with Gasteiger partial charge in [-0.1, -0.05) is 19.1 Å². The molecule has 0 saturated carbocycles. The van der Waals surface area contributed by atoms with E-state index in [1.807, 2.05) is 58.0 Å². The lowest BCUT2D eigenvalue weighted by atomic mass is 10.1. The molecule has 178 valence electrons. The summed E-state index contributed by atoms with van der Waals surface area (Å²) in [4.78, 5) is 30.3. The molecule has 2 heterocycles. The molecule has 4 rings (SSSR count). The van der Waals surface area contributed by atoms with Crippen LogP contribution in [0, 0.1) is 6.92 Å². The van der Waals surface area contributed by atoms with Gasteiger partial charge in [-0.2, -0.15) is 0 Å². The molecule has 0 spiro atoms. The fourth-order valence-corrected chi connectivity index (χ4v) is 3.35. The Hall–Kier alpha value is -4.33. The van der Waals surface area contributed by atoms with Crippen LogP contribution in [0.4, 0.5) is 5.69 Å². The summed E-state index contributed by atoms with van der Waals surface area (Å²) in [6, 6.07) is 16.2. The van der Waals surface area contributed by atoms with Gasteiger partial charge < -0.3 is 14.8 Å². The lowest BCUT2D eigenvalue weighted by Gasteiger charge is -2.13. The second-order valence-corrected chi connectivity index (χ2v) is 8.17. The summed E-state index contributed by atoms with van der Waals surface area (Å²) in [5, 5.41) is 2.92. The summed E-state index contributed by atoms with van der Waals surface area (Å²) in [6.07, 6.45) is 3.85. The minimum absolute atomic E-state index is 0.0420. The zero-order valence-corrected chi connectivity index (χ0v) is 20.1. The SMILES string of the molecule is CCc1ncnc(-c2cccnc2Oc2cc(C(=O)Nc3cccc(OC(C)C)c3)ccc2C)n1. The number of hydrogen-bond acceptors (Lipinski definition) is 7. The van der Waals surface area contributed by atoms with E-state index < -0.39 is 0 Å². The molecule has 0 aliphatic rings. The van der Waals surface area contributed by atoms with Crippen molar-refractivity contribution in [1.82, 2.24) is 19.9 Å². The van der Waals surface area contributed by atoms with Crippen LogP contribution < -0.4 is 14.8 Å². The van der Waals surface area contributed by atoms with Gasteiger partial charge in [0.25, 0.3) is 5.91 Å². The molecule has 2 aromatic carbocycles. The van der Waals surface area contributed by atoms with Gasteiger partial charge in [-0.15, -0.1) is 0 Å². The Balaban J connectivity index is 1.58. The zero-order chi connectivity index (χ0) is 24.8. The maximum Gasteiger partial charge on any atom is 0.255 e. The van der Waals surface area contributed by atoms with E-state index in [1.165, 1.54) is 6.33 Å². The Bertz CT molecular complexity index is 1340. The van der Waals surface area contributed by atoms with Gasteiger partial charge >= 0.3 is 0 Å². The minimum atomic E-state index is -0.261. The van der Waals surface area contributed by atoms with Gasteiger partial charge in [-0.05, 0) is 62.7 Å². The highest BCUT2D eigenvalue weighted by molar-refractivity contribution is 6.04. The number of nitrogens with one attached hydrogen (secondary N) is 1. The highest BCUT2D eigenvalue weighted by atomic mass is 16.5. The summed E-state index contributed by atoms with van der Waals surface area (Å²) in [5.74, 6) is 2.46. The molecular weight excluding hydrogens is 442 g/mol. The molecule has 0 saturated heterocycles. The predicted molar refractivity (Wildman–Crippen MR) is 134 cm³/mol. The molecule has 0 aliphatic heterocycles. The van der Waals surface area contributed by atoms with Gasteiger partial charge in [-0.3, -0.25) is 4.79 Å². The van der Waals surface area contributed by atoms with Crippen molar-refractivity contribution in [2.24, 2.45) is 0 Å². The molecule has 1 N–H and O–H groups in total. The number of carbonyl (C=O) groups is 1. The Morgan fingerprint density at radius 1 is 1.03 bits per heavy atom. The number of aryl methyl sites for hydroxylation is 2. The van der Waals surface area contributed by atoms with Crippen LogP contribution in [-0.2, 0) is 6.42 Å². The first-order valence-electron chi connectivity index (χ1n) is 11.4. The Labute approximate surface area is 204 Å². The molecule has 2 aromatic heterocycles. The lowest BCUT2D eigenvalue weighted by Crippen LogP contribution is -2.12. The van der Waals surface area contributed by atoms with E-state index in [-0.39, 0.29) is 12.0 Å². The van der Waals surface area contributed by atoms with E-state index in [1.54, 1.807) is 30.5 Å². The van der Waals surface area contributed by atoms with Crippen LogP contribution >= 0.6 is 0 Å². The van der Waals surface area contributed by atoms with Crippen LogP contribution in [-0.4, -0.2) is 31.9 Å². The van der Waals surface area contributed by atoms with Crippen molar-refractivity contribution >= 4 is 11.6 Å². The van der Waals surface area contributed by atoms with Crippen LogP contribution in [0.3, 0.4) is 0 Å². The molecule has 1 amide bonds. The Morgan fingerprint density at radius 2 is 1.89 bits per heavy atom. The number of hydrogen-bond donors (Lipinski definition) is 1. The first-order chi connectivity index (χ1) is 16.9. The van der Waals surface area contributed by atoms with E-state index in [4.69, 9.17) is 9.47 Å². The van der Waals surface area contributed by atoms with Gasteiger partial charge in [0.2, 0.25) is 5.88 Å². The summed E-state index contributed by atoms with van der Waals surface area (Å²) < 4.78 is 11.9. The third-order valence-corrected chi connectivity index (χ3v) is 5.07. The van der Waals surface area contributed by atoms with E-state index >= 15 is 0 Å². The van der Waals surface area contributed by atoms with Crippen LogP contribution in [0.5, 0.6) is 17.4 Å². The van der Waals surface area contributed by atoms with Gasteiger partial charge in [0.1, 0.15) is 23.7 Å². The van der Waals surface area contributed by atoms with E-state index in [2.05, 4.69) is 25.3 Å². The summed E-state index contributed by atoms with van der Waals surface area (Å²) >= 11 is 0. The van der Waals surface area contributed by atoms with Crippen LogP contribution in [0.15, 0.2) is 67.1 Å². The number of amides is 1. The van der Waals surface area contributed by atoms with Crippen molar-refractivity contribution in [1.29, 1.82) is 0 Å². The smallest absolute Gasteiger partial charge is 0.255 e. The van der Waals surface area contributed by atoms with Crippen molar-refractivity contribution in [2.45, 2.75) is 40.2 Å². The fraction of sp³-hybridized carbons (Fsp3) is 0.222. The molecule has 0 radical (unpaired) electrons. The molecule has 0 unspecified atom stereocenters. The molecule has 0 fully saturated rings. The van der Waals surface area contributed by atoms with Gasteiger partial charge in [-0.25, -0.2) is 19.9 Å². The topological polar surface area (TPSA) is 99.1 Å². The van der Waals surface area contributed by atoms with E-state index in [0.717, 1.165) is 5.56 Å². The second-order valence-electron chi connectivity index (χ2n) is 8.17. The molecule has 8 nitrogen and oxygen atoms in total. The molecule has 0 bridgehead atoms. The number of anilines is 1.